The molecule has 5 aromatic rings. The Bertz CT molecular complexity index is 1530. The Hall–Kier alpha value is -4.24. The fourth-order valence-electron chi connectivity index (χ4n) is 5.13. The monoisotopic (exact) mass is 540 g/mol. The number of ether oxygens (including phenoxy) is 2. The molecule has 0 aliphatic heterocycles. The molecule has 0 spiro atoms. The maximum absolute atomic E-state index is 6.39. The lowest BCUT2D eigenvalue weighted by Crippen LogP contribution is -2.40. The van der Waals surface area contributed by atoms with E-state index in [9.17, 15) is 0 Å². The van der Waals surface area contributed by atoms with Crippen molar-refractivity contribution in [2.45, 2.75) is 54.7 Å². The number of hydrogen-bond acceptors (Lipinski definition) is 2. The Kier molecular flexibility index (Phi) is 10.5. The summed E-state index contributed by atoms with van der Waals surface area (Å²) in [4.78, 5) is 0. The van der Waals surface area contributed by atoms with Crippen LogP contribution in [0.5, 0.6) is 11.5 Å². The lowest BCUT2D eigenvalue weighted by atomic mass is 9.41. The van der Waals surface area contributed by atoms with E-state index in [1.807, 2.05) is 50.2 Å². The van der Waals surface area contributed by atoms with Gasteiger partial charge >= 0.3 is 0 Å². The van der Waals surface area contributed by atoms with Gasteiger partial charge in [0, 0.05) is 0 Å². The SMILES string of the molecule is CB(c1ccccc1)c1cc(C)c(OCc2ccccc2)cc1-c1cc(OCc2ccccc2)c(C)cc1C.CC. The highest BCUT2D eigenvalue weighted by Crippen LogP contribution is 2.34. The number of hydrogen-bond donors (Lipinski definition) is 0. The van der Waals surface area contributed by atoms with E-state index in [1.54, 1.807) is 0 Å². The molecule has 2 nitrogen and oxygen atoms in total. The fourth-order valence-corrected chi connectivity index (χ4v) is 5.13. The predicted molar refractivity (Wildman–Crippen MR) is 176 cm³/mol. The van der Waals surface area contributed by atoms with Gasteiger partial charge in [0.25, 0.3) is 0 Å². The summed E-state index contributed by atoms with van der Waals surface area (Å²) in [6, 6.07) is 40.3. The third-order valence-electron chi connectivity index (χ3n) is 7.40. The summed E-state index contributed by atoms with van der Waals surface area (Å²) in [6.07, 6.45) is 0. The van der Waals surface area contributed by atoms with E-state index >= 15 is 0 Å². The molecule has 0 saturated heterocycles. The van der Waals surface area contributed by atoms with Crippen LogP contribution in [-0.2, 0) is 13.2 Å². The van der Waals surface area contributed by atoms with Crippen molar-refractivity contribution >= 4 is 17.6 Å². The molecule has 0 radical (unpaired) electrons. The van der Waals surface area contributed by atoms with Gasteiger partial charge in [0.05, 0.1) is 0 Å². The average molecular weight is 541 g/mol. The number of rotatable bonds is 9. The topological polar surface area (TPSA) is 18.5 Å². The van der Waals surface area contributed by atoms with Crippen LogP contribution in [-0.4, -0.2) is 6.71 Å². The molecule has 0 unspecified atom stereocenters. The van der Waals surface area contributed by atoms with Gasteiger partial charge in [-0.05, 0) is 71.8 Å². The van der Waals surface area contributed by atoms with Crippen LogP contribution in [0.4, 0.5) is 0 Å². The van der Waals surface area contributed by atoms with Crippen LogP contribution in [0.2, 0.25) is 6.82 Å². The molecule has 41 heavy (non-hydrogen) atoms. The van der Waals surface area contributed by atoms with E-state index in [1.165, 1.54) is 27.6 Å². The van der Waals surface area contributed by atoms with Crippen molar-refractivity contribution in [1.29, 1.82) is 0 Å². The van der Waals surface area contributed by atoms with Gasteiger partial charge in [0.1, 0.15) is 24.7 Å². The Morgan fingerprint density at radius 2 is 0.951 bits per heavy atom. The zero-order chi connectivity index (χ0) is 29.2. The molecule has 0 heterocycles. The Morgan fingerprint density at radius 1 is 0.512 bits per heavy atom. The van der Waals surface area contributed by atoms with Crippen molar-refractivity contribution in [2.75, 3.05) is 0 Å². The molecular formula is C38H41BO2. The van der Waals surface area contributed by atoms with Gasteiger partial charge in [-0.1, -0.05) is 135 Å². The maximum atomic E-state index is 6.39. The van der Waals surface area contributed by atoms with Crippen molar-refractivity contribution in [2.24, 2.45) is 0 Å². The molecule has 0 aliphatic rings. The molecule has 5 aromatic carbocycles. The van der Waals surface area contributed by atoms with E-state index in [0.717, 1.165) is 33.8 Å². The van der Waals surface area contributed by atoms with Gasteiger partial charge in [-0.15, -0.1) is 0 Å². The van der Waals surface area contributed by atoms with Gasteiger partial charge in [0.2, 0.25) is 6.71 Å². The molecule has 0 bridgehead atoms. The van der Waals surface area contributed by atoms with Crippen LogP contribution in [0.1, 0.15) is 41.7 Å². The summed E-state index contributed by atoms with van der Waals surface area (Å²) < 4.78 is 12.7. The molecule has 0 fully saturated rings. The minimum Gasteiger partial charge on any atom is -0.489 e. The van der Waals surface area contributed by atoms with E-state index < -0.39 is 0 Å². The molecule has 208 valence electrons. The molecule has 5 rings (SSSR count). The van der Waals surface area contributed by atoms with Crippen molar-refractivity contribution in [3.05, 3.63) is 143 Å². The minimum atomic E-state index is 0.220. The van der Waals surface area contributed by atoms with Crippen molar-refractivity contribution in [3.8, 4) is 22.6 Å². The Labute approximate surface area is 247 Å². The summed E-state index contributed by atoms with van der Waals surface area (Å²) in [7, 11) is 0. The highest BCUT2D eigenvalue weighted by atomic mass is 16.5. The lowest BCUT2D eigenvalue weighted by molar-refractivity contribution is 0.303. The predicted octanol–water partition coefficient (Wildman–Crippen LogP) is 8.70. The molecule has 0 aliphatic carbocycles. The second-order valence-electron chi connectivity index (χ2n) is 10.3. The summed E-state index contributed by atoms with van der Waals surface area (Å²) in [5.74, 6) is 1.81. The number of benzene rings is 5. The van der Waals surface area contributed by atoms with E-state index in [2.05, 4.69) is 106 Å². The fraction of sp³-hybridized carbons (Fsp3) is 0.211. The lowest BCUT2D eigenvalue weighted by Gasteiger charge is -2.21. The quantitative estimate of drug-likeness (QED) is 0.174. The van der Waals surface area contributed by atoms with Gasteiger partial charge in [0.15, 0.2) is 0 Å². The molecule has 0 amide bonds. The van der Waals surface area contributed by atoms with Crippen LogP contribution in [0.25, 0.3) is 11.1 Å². The zero-order valence-electron chi connectivity index (χ0n) is 25.3. The largest absolute Gasteiger partial charge is 0.489 e. The summed E-state index contributed by atoms with van der Waals surface area (Å²) in [6.45, 7) is 14.0. The van der Waals surface area contributed by atoms with Crippen LogP contribution in [0.15, 0.2) is 115 Å². The minimum absolute atomic E-state index is 0.220. The van der Waals surface area contributed by atoms with Crippen LogP contribution in [0.3, 0.4) is 0 Å². The molecule has 0 saturated carbocycles. The van der Waals surface area contributed by atoms with Crippen molar-refractivity contribution in [3.63, 3.8) is 0 Å². The normalized spacial score (nSPS) is 10.4. The third-order valence-corrected chi connectivity index (χ3v) is 7.40. The van der Waals surface area contributed by atoms with Crippen LogP contribution in [0, 0.1) is 20.8 Å². The molecule has 0 atom stereocenters. The molecule has 0 N–H and O–H groups in total. The van der Waals surface area contributed by atoms with Crippen molar-refractivity contribution in [1.82, 2.24) is 0 Å². The highest BCUT2D eigenvalue weighted by molar-refractivity contribution is 6.85. The maximum Gasteiger partial charge on any atom is 0.207 e. The smallest absolute Gasteiger partial charge is 0.207 e. The Balaban J connectivity index is 0.00000189. The first-order chi connectivity index (χ1) is 20.0. The second-order valence-corrected chi connectivity index (χ2v) is 10.3. The van der Waals surface area contributed by atoms with Gasteiger partial charge < -0.3 is 9.47 Å². The van der Waals surface area contributed by atoms with E-state index in [-0.39, 0.29) is 6.71 Å². The Morgan fingerprint density at radius 3 is 1.46 bits per heavy atom. The molecular weight excluding hydrogens is 499 g/mol. The van der Waals surface area contributed by atoms with Gasteiger partial charge in [-0.3, -0.25) is 0 Å². The van der Waals surface area contributed by atoms with Gasteiger partial charge in [-0.25, -0.2) is 0 Å². The highest BCUT2D eigenvalue weighted by Gasteiger charge is 2.21. The first-order valence-electron chi connectivity index (χ1n) is 14.6. The van der Waals surface area contributed by atoms with Gasteiger partial charge in [-0.2, -0.15) is 0 Å². The number of aryl methyl sites for hydroxylation is 3. The van der Waals surface area contributed by atoms with Crippen LogP contribution < -0.4 is 20.4 Å². The van der Waals surface area contributed by atoms with Crippen LogP contribution >= 0.6 is 0 Å². The first kappa shape index (κ1) is 29.7. The van der Waals surface area contributed by atoms with E-state index in [0.29, 0.717) is 13.2 Å². The second kappa shape index (κ2) is 14.4. The third kappa shape index (κ3) is 7.49. The standard InChI is InChI=1S/C36H35BO2.C2H6/c1-26-20-27(2)35(38-24-29-14-8-5-9-15-29)22-32(26)33-23-36(39-25-30-16-10-6-11-17-30)28(3)21-34(33)37(4)31-18-12-7-13-19-31;1-2/h5-23H,24-25H2,1-4H3;1-2H3. The van der Waals surface area contributed by atoms with Crippen molar-refractivity contribution < 1.29 is 9.47 Å². The average Bonchev–Trinajstić information content (AvgIpc) is 3.02. The molecule has 0 aromatic heterocycles. The summed E-state index contributed by atoms with van der Waals surface area (Å²) in [5.41, 5.74) is 10.7. The molecule has 3 heteroatoms. The first-order valence-corrected chi connectivity index (χ1v) is 14.6. The summed E-state index contributed by atoms with van der Waals surface area (Å²) >= 11 is 0. The zero-order valence-corrected chi connectivity index (χ0v) is 25.3. The summed E-state index contributed by atoms with van der Waals surface area (Å²) in [5, 5.41) is 0. The van der Waals surface area contributed by atoms with E-state index in [4.69, 9.17) is 9.47 Å².